The number of nitrogens with zero attached hydrogens (tertiary/aromatic N) is 2. The highest BCUT2D eigenvalue weighted by molar-refractivity contribution is 6.25. The summed E-state index contributed by atoms with van der Waals surface area (Å²) in [5, 5.41) is 21.5. The van der Waals surface area contributed by atoms with Gasteiger partial charge in [-0.1, -0.05) is 29.8 Å². The molecule has 3 aliphatic carbocycles. The lowest BCUT2D eigenvalue weighted by Gasteiger charge is -2.42. The fourth-order valence-corrected chi connectivity index (χ4v) is 6.60. The van der Waals surface area contributed by atoms with Crippen LogP contribution < -0.4 is 4.90 Å². The van der Waals surface area contributed by atoms with Crippen molar-refractivity contribution in [2.45, 2.75) is 32.6 Å². The van der Waals surface area contributed by atoms with Crippen molar-refractivity contribution in [3.05, 3.63) is 98.2 Å². The molecule has 0 radical (unpaired) electrons. The zero-order valence-electron chi connectivity index (χ0n) is 21.2. The number of phenolic OH excluding ortho intramolecular Hbond substituents is 1. The van der Waals surface area contributed by atoms with Gasteiger partial charge >= 0.3 is 0 Å². The summed E-state index contributed by atoms with van der Waals surface area (Å²) in [5.74, 6) is -3.87. The fourth-order valence-electron chi connectivity index (χ4n) is 6.60. The van der Waals surface area contributed by atoms with Gasteiger partial charge in [0, 0.05) is 34.8 Å². The van der Waals surface area contributed by atoms with Crippen LogP contribution in [0.3, 0.4) is 0 Å². The van der Waals surface area contributed by atoms with Crippen molar-refractivity contribution in [2.75, 3.05) is 4.90 Å². The number of nitro benzene ring substituents is 1. The fraction of sp³-hybridized carbons (Fsp3) is 0.267. The van der Waals surface area contributed by atoms with E-state index >= 15 is 0 Å². The number of nitro groups is 1. The van der Waals surface area contributed by atoms with E-state index in [0.717, 1.165) is 16.0 Å². The third-order valence-corrected chi connectivity index (χ3v) is 8.42. The van der Waals surface area contributed by atoms with Crippen LogP contribution in [0.25, 0.3) is 0 Å². The van der Waals surface area contributed by atoms with Crippen LogP contribution in [0.1, 0.15) is 36.8 Å². The number of amides is 2. The number of benzene rings is 2. The highest BCUT2D eigenvalue weighted by Gasteiger charge is 2.56. The number of allylic oxidation sites excluding steroid dienone is 6. The SMILES string of the molecule is CC1=CC(=O)C2=C(C1=O)[C@@H](c1ccc(O)c(C)c1)C1=CC[C@@H]3C(=O)N(c4cccc([N+](=O)[O-])c4)C(=O)[C@@H]3[C@@H]1C2. The molecule has 1 fully saturated rings. The number of non-ortho nitro benzene ring substituents is 1. The molecule has 2 aromatic carbocycles. The Balaban J connectivity index is 1.48. The van der Waals surface area contributed by atoms with Gasteiger partial charge in [-0.3, -0.25) is 29.3 Å². The average Bonchev–Trinajstić information content (AvgIpc) is 3.17. The molecule has 0 unspecified atom stereocenters. The van der Waals surface area contributed by atoms with E-state index in [9.17, 15) is 34.4 Å². The Hall–Kier alpha value is -4.66. The number of aryl methyl sites for hydroxylation is 1. The summed E-state index contributed by atoms with van der Waals surface area (Å²) in [7, 11) is 0. The van der Waals surface area contributed by atoms with Gasteiger partial charge in [-0.05, 0) is 61.9 Å². The molecular formula is C30H24N2O7. The van der Waals surface area contributed by atoms with Crippen molar-refractivity contribution in [3.63, 3.8) is 0 Å². The predicted octanol–water partition coefficient (Wildman–Crippen LogP) is 4.24. The van der Waals surface area contributed by atoms with E-state index in [2.05, 4.69) is 0 Å². The monoisotopic (exact) mass is 524 g/mol. The van der Waals surface area contributed by atoms with E-state index < -0.39 is 40.4 Å². The van der Waals surface area contributed by atoms with Gasteiger partial charge in [0.15, 0.2) is 11.6 Å². The maximum absolute atomic E-state index is 13.9. The minimum absolute atomic E-state index is 0.101. The number of rotatable bonds is 3. The molecule has 2 amide bonds. The largest absolute Gasteiger partial charge is 0.508 e. The zero-order valence-corrected chi connectivity index (χ0v) is 21.2. The molecule has 9 nitrogen and oxygen atoms in total. The second-order valence-electron chi connectivity index (χ2n) is 10.6. The first-order valence-electron chi connectivity index (χ1n) is 12.7. The third kappa shape index (κ3) is 3.60. The van der Waals surface area contributed by atoms with Crippen molar-refractivity contribution in [1.82, 2.24) is 0 Å². The molecule has 0 aromatic heterocycles. The summed E-state index contributed by atoms with van der Waals surface area (Å²) in [6.07, 6.45) is 3.65. The van der Waals surface area contributed by atoms with Gasteiger partial charge in [0.1, 0.15) is 5.75 Å². The summed E-state index contributed by atoms with van der Waals surface area (Å²) >= 11 is 0. The standard InChI is InChI=1S/C30H24N2O7/c1-14-10-16(6-9-23(14)33)25-19-7-8-20-26(21(19)13-22-24(34)11-15(2)28(35)27(22)25)30(37)31(29(20)36)17-4-3-5-18(12-17)32(38)39/h3-7,9-12,20-21,25-26,33H,8,13H2,1-2H3/t20-,21+,25-,26-/m0/s1. The lowest BCUT2D eigenvalue weighted by atomic mass is 9.59. The molecule has 1 N–H and O–H groups in total. The topological polar surface area (TPSA) is 135 Å². The van der Waals surface area contributed by atoms with E-state index in [1.165, 1.54) is 30.3 Å². The molecule has 0 saturated carbocycles. The number of carbonyl (C=O) groups is 4. The molecular weight excluding hydrogens is 500 g/mol. The summed E-state index contributed by atoms with van der Waals surface area (Å²) in [5.41, 5.74) is 3.11. The number of aromatic hydroxyl groups is 1. The highest BCUT2D eigenvalue weighted by Crippen LogP contribution is 2.55. The van der Waals surface area contributed by atoms with Gasteiger partial charge in [-0.25, -0.2) is 4.90 Å². The number of fused-ring (bicyclic) bond motifs is 3. The average molecular weight is 525 g/mol. The lowest BCUT2D eigenvalue weighted by Crippen LogP contribution is -2.39. The van der Waals surface area contributed by atoms with Gasteiger partial charge < -0.3 is 5.11 Å². The van der Waals surface area contributed by atoms with Crippen LogP contribution in [-0.4, -0.2) is 33.4 Å². The Morgan fingerprint density at radius 3 is 2.49 bits per heavy atom. The number of hydrogen-bond donors (Lipinski definition) is 1. The lowest BCUT2D eigenvalue weighted by molar-refractivity contribution is -0.384. The number of anilines is 1. The Morgan fingerprint density at radius 1 is 1.00 bits per heavy atom. The van der Waals surface area contributed by atoms with Crippen LogP contribution in [0, 0.1) is 34.8 Å². The van der Waals surface area contributed by atoms with E-state index in [1.807, 2.05) is 6.08 Å². The van der Waals surface area contributed by atoms with Crippen LogP contribution in [0.15, 0.2) is 76.9 Å². The summed E-state index contributed by atoms with van der Waals surface area (Å²) in [4.78, 5) is 65.8. The molecule has 4 atom stereocenters. The maximum atomic E-state index is 13.9. The Kier molecular flexibility index (Phi) is 5.50. The number of ketones is 2. The van der Waals surface area contributed by atoms with Crippen LogP contribution in [0.5, 0.6) is 5.75 Å². The first-order chi connectivity index (χ1) is 18.6. The van der Waals surface area contributed by atoms with Crippen LogP contribution >= 0.6 is 0 Å². The molecule has 1 heterocycles. The van der Waals surface area contributed by atoms with Crippen molar-refractivity contribution in [1.29, 1.82) is 0 Å². The number of carbonyl (C=O) groups excluding carboxylic acids is 4. The Morgan fingerprint density at radius 2 is 1.77 bits per heavy atom. The molecule has 2 aromatic rings. The smallest absolute Gasteiger partial charge is 0.271 e. The summed E-state index contributed by atoms with van der Waals surface area (Å²) in [6, 6.07) is 10.5. The summed E-state index contributed by atoms with van der Waals surface area (Å²) < 4.78 is 0. The van der Waals surface area contributed by atoms with Gasteiger partial charge in [-0.2, -0.15) is 0 Å². The molecule has 39 heavy (non-hydrogen) atoms. The molecule has 9 heteroatoms. The highest BCUT2D eigenvalue weighted by atomic mass is 16.6. The number of Topliss-reactive ketones (excluding diaryl/α,β-unsaturated/α-hetero) is 1. The van der Waals surface area contributed by atoms with Crippen molar-refractivity contribution >= 4 is 34.8 Å². The van der Waals surface area contributed by atoms with Crippen LogP contribution in [0.2, 0.25) is 0 Å². The summed E-state index contributed by atoms with van der Waals surface area (Å²) in [6.45, 7) is 3.35. The van der Waals surface area contributed by atoms with Crippen LogP contribution in [-0.2, 0) is 19.2 Å². The minimum Gasteiger partial charge on any atom is -0.508 e. The molecule has 0 spiro atoms. The quantitative estimate of drug-likeness (QED) is 0.209. The number of hydrogen-bond acceptors (Lipinski definition) is 7. The van der Waals surface area contributed by atoms with E-state index in [1.54, 1.807) is 32.0 Å². The van der Waals surface area contributed by atoms with E-state index in [-0.39, 0.29) is 41.5 Å². The van der Waals surface area contributed by atoms with Crippen molar-refractivity contribution < 1.29 is 29.2 Å². The molecule has 196 valence electrons. The van der Waals surface area contributed by atoms with Crippen LogP contribution in [0.4, 0.5) is 11.4 Å². The van der Waals surface area contributed by atoms with Gasteiger partial charge in [0.05, 0.1) is 22.4 Å². The zero-order chi connectivity index (χ0) is 27.7. The van der Waals surface area contributed by atoms with Gasteiger partial charge in [0.2, 0.25) is 11.8 Å². The normalized spacial score (nSPS) is 26.2. The first kappa shape index (κ1) is 24.7. The maximum Gasteiger partial charge on any atom is 0.271 e. The molecule has 4 aliphatic rings. The third-order valence-electron chi connectivity index (χ3n) is 8.42. The minimum atomic E-state index is -0.776. The predicted molar refractivity (Wildman–Crippen MR) is 140 cm³/mol. The Bertz CT molecular complexity index is 1630. The van der Waals surface area contributed by atoms with Crippen molar-refractivity contribution in [3.8, 4) is 5.75 Å². The van der Waals surface area contributed by atoms with Gasteiger partial charge in [0.25, 0.3) is 5.69 Å². The van der Waals surface area contributed by atoms with E-state index in [4.69, 9.17) is 0 Å². The molecule has 1 aliphatic heterocycles. The van der Waals surface area contributed by atoms with Gasteiger partial charge in [-0.15, -0.1) is 0 Å². The molecule has 0 bridgehead atoms. The number of phenols is 1. The Labute approximate surface area is 223 Å². The molecule has 6 rings (SSSR count). The second kappa shape index (κ2) is 8.69. The first-order valence-corrected chi connectivity index (χ1v) is 12.7. The van der Waals surface area contributed by atoms with Crippen molar-refractivity contribution in [2.24, 2.45) is 17.8 Å². The van der Waals surface area contributed by atoms with E-state index in [0.29, 0.717) is 22.3 Å². The molecule has 1 saturated heterocycles. The number of imide groups is 1. The second-order valence-corrected chi connectivity index (χ2v) is 10.6.